The van der Waals surface area contributed by atoms with Crippen molar-refractivity contribution in [2.45, 2.75) is 104 Å². The van der Waals surface area contributed by atoms with Crippen LogP contribution >= 0.6 is 11.6 Å². The Kier molecular flexibility index (Phi) is 10.6. The summed E-state index contributed by atoms with van der Waals surface area (Å²) >= 11 is 6.17. The quantitative estimate of drug-likeness (QED) is 0.278. The normalized spacial score (nSPS) is 21.1. The van der Waals surface area contributed by atoms with Crippen molar-refractivity contribution in [2.24, 2.45) is 21.7 Å². The predicted octanol–water partition coefficient (Wildman–Crippen LogP) is 8.69. The summed E-state index contributed by atoms with van der Waals surface area (Å²) in [5.74, 6) is -1.48. The standard InChI is InChI=1S/C36H45ClF3N3O4/c1-33(2,3)15-13-28(22-7-9-23(10-8-22)31(46)41-18-14-29(44)45)43-32(47)30(24-19-26(36(38,39)40)21-27(37)20-24)42-35(43)16-11-25(12-17-35)34(4,5)6/h7-10,19-21,25,28H,11-18H2,1-6H3,(H,41,46)(H,44,45)/t25?,28-,35?/m1/s1. The monoisotopic (exact) mass is 675 g/mol. The van der Waals surface area contributed by atoms with Gasteiger partial charge in [0.15, 0.2) is 0 Å². The molecule has 1 atom stereocenters. The van der Waals surface area contributed by atoms with Gasteiger partial charge in [0.05, 0.1) is 18.0 Å². The molecule has 0 aromatic heterocycles. The van der Waals surface area contributed by atoms with E-state index in [1.807, 2.05) is 0 Å². The molecule has 2 aromatic rings. The van der Waals surface area contributed by atoms with Crippen LogP contribution in [0.2, 0.25) is 5.02 Å². The van der Waals surface area contributed by atoms with E-state index in [4.69, 9.17) is 21.7 Å². The summed E-state index contributed by atoms with van der Waals surface area (Å²) in [7, 11) is 0. The summed E-state index contributed by atoms with van der Waals surface area (Å²) in [4.78, 5) is 44.9. The first-order valence-electron chi connectivity index (χ1n) is 16.1. The minimum absolute atomic E-state index is 0.00977. The lowest BCUT2D eigenvalue weighted by atomic mass is 9.69. The second-order valence-corrected chi connectivity index (χ2v) is 15.6. The molecule has 2 aliphatic rings. The van der Waals surface area contributed by atoms with E-state index in [0.717, 1.165) is 37.0 Å². The molecule has 0 saturated heterocycles. The van der Waals surface area contributed by atoms with Gasteiger partial charge in [0.1, 0.15) is 11.4 Å². The van der Waals surface area contributed by atoms with Gasteiger partial charge in [-0.1, -0.05) is 65.3 Å². The fourth-order valence-electron chi connectivity index (χ4n) is 6.68. The third kappa shape index (κ3) is 8.75. The first kappa shape index (κ1) is 36.4. The number of nitrogens with zero attached hydrogens (tertiary/aromatic N) is 2. The molecule has 1 saturated carbocycles. The molecule has 0 radical (unpaired) electrons. The van der Waals surface area contributed by atoms with Crippen molar-refractivity contribution in [3.05, 3.63) is 69.7 Å². The maximum atomic E-state index is 14.6. The first-order chi connectivity index (χ1) is 21.7. The van der Waals surface area contributed by atoms with Crippen LogP contribution in [-0.2, 0) is 15.8 Å². The number of carboxylic acids is 1. The molecule has 256 valence electrons. The van der Waals surface area contributed by atoms with Crippen molar-refractivity contribution in [3.63, 3.8) is 0 Å². The first-order valence-corrected chi connectivity index (χ1v) is 16.5. The number of aliphatic imine (C=N–C) groups is 1. The summed E-state index contributed by atoms with van der Waals surface area (Å²) in [5.41, 5.74) is -0.799. The lowest BCUT2D eigenvalue weighted by Gasteiger charge is -2.47. The van der Waals surface area contributed by atoms with Crippen molar-refractivity contribution < 1.29 is 32.7 Å². The zero-order valence-electron chi connectivity index (χ0n) is 27.9. The predicted molar refractivity (Wildman–Crippen MR) is 176 cm³/mol. The highest BCUT2D eigenvalue weighted by Crippen LogP contribution is 2.50. The number of alkyl halides is 3. The molecule has 47 heavy (non-hydrogen) atoms. The summed E-state index contributed by atoms with van der Waals surface area (Å²) in [6.07, 6.45) is -0.821. The molecule has 2 aromatic carbocycles. The van der Waals surface area contributed by atoms with Crippen LogP contribution in [0.5, 0.6) is 0 Å². The molecule has 1 fully saturated rings. The van der Waals surface area contributed by atoms with Crippen LogP contribution in [0.3, 0.4) is 0 Å². The van der Waals surface area contributed by atoms with Gasteiger partial charge in [0.2, 0.25) is 0 Å². The Bertz CT molecular complexity index is 1520. The van der Waals surface area contributed by atoms with E-state index in [0.29, 0.717) is 30.7 Å². The van der Waals surface area contributed by atoms with E-state index in [-0.39, 0.29) is 40.1 Å². The molecule has 0 unspecified atom stereocenters. The van der Waals surface area contributed by atoms with Crippen molar-refractivity contribution in [3.8, 4) is 0 Å². The number of carbonyl (C=O) groups excluding carboxylic acids is 2. The number of benzene rings is 2. The van der Waals surface area contributed by atoms with Crippen LogP contribution in [0, 0.1) is 16.7 Å². The molecule has 2 N–H and O–H groups in total. The lowest BCUT2D eigenvalue weighted by Crippen LogP contribution is -2.51. The van der Waals surface area contributed by atoms with E-state index in [1.165, 1.54) is 6.07 Å². The molecule has 1 heterocycles. The molecule has 7 nitrogen and oxygen atoms in total. The molecule has 1 aliphatic carbocycles. The van der Waals surface area contributed by atoms with Gasteiger partial charge in [0, 0.05) is 22.7 Å². The van der Waals surface area contributed by atoms with Gasteiger partial charge in [0.25, 0.3) is 11.8 Å². The maximum Gasteiger partial charge on any atom is 0.416 e. The summed E-state index contributed by atoms with van der Waals surface area (Å²) in [6, 6.07) is 9.57. The fraction of sp³-hybridized carbons (Fsp3) is 0.556. The van der Waals surface area contributed by atoms with Crippen LogP contribution in [0.1, 0.15) is 120 Å². The summed E-state index contributed by atoms with van der Waals surface area (Å²) < 4.78 is 41.5. The molecule has 1 aliphatic heterocycles. The Labute approximate surface area is 280 Å². The van der Waals surface area contributed by atoms with E-state index in [9.17, 15) is 27.6 Å². The Morgan fingerprint density at radius 3 is 2.19 bits per heavy atom. The van der Waals surface area contributed by atoms with Crippen molar-refractivity contribution in [1.82, 2.24) is 10.2 Å². The van der Waals surface area contributed by atoms with Crippen molar-refractivity contribution >= 4 is 35.1 Å². The van der Waals surface area contributed by atoms with Crippen LogP contribution in [0.25, 0.3) is 0 Å². The van der Waals surface area contributed by atoms with Crippen LogP contribution in [0.4, 0.5) is 13.2 Å². The number of amides is 2. The Morgan fingerprint density at radius 2 is 1.66 bits per heavy atom. The highest BCUT2D eigenvalue weighted by atomic mass is 35.5. The number of aliphatic carboxylic acids is 1. The zero-order valence-corrected chi connectivity index (χ0v) is 28.7. The number of hydrogen-bond donors (Lipinski definition) is 2. The zero-order chi connectivity index (χ0) is 34.9. The average Bonchev–Trinajstić information content (AvgIpc) is 3.22. The number of rotatable bonds is 9. The van der Waals surface area contributed by atoms with Crippen LogP contribution in [0.15, 0.2) is 47.5 Å². The number of carboxylic acid groups (broad SMARTS) is 1. The van der Waals surface area contributed by atoms with E-state index < -0.39 is 41.2 Å². The van der Waals surface area contributed by atoms with Gasteiger partial charge >= 0.3 is 12.1 Å². The second-order valence-electron chi connectivity index (χ2n) is 15.1. The minimum Gasteiger partial charge on any atom is -0.481 e. The maximum absolute atomic E-state index is 14.6. The number of nitrogens with one attached hydrogen (secondary N) is 1. The SMILES string of the molecule is CC(C)(C)CC[C@H](c1ccc(C(=O)NCCC(=O)O)cc1)N1C(=O)C(c2cc(Cl)cc(C(F)(F)F)c2)=NC12CCC(C(C)(C)C)CC2. The fourth-order valence-corrected chi connectivity index (χ4v) is 6.91. The van der Waals surface area contributed by atoms with Crippen LogP contribution in [-0.4, -0.2) is 45.7 Å². The topological polar surface area (TPSA) is 99.1 Å². The van der Waals surface area contributed by atoms with Gasteiger partial charge in [-0.15, -0.1) is 0 Å². The van der Waals surface area contributed by atoms with Gasteiger partial charge < -0.3 is 15.3 Å². The molecular formula is C36H45ClF3N3O4. The number of halogens is 4. The molecule has 2 amide bonds. The van der Waals surface area contributed by atoms with Crippen LogP contribution < -0.4 is 5.32 Å². The summed E-state index contributed by atoms with van der Waals surface area (Å²) in [5, 5.41) is 11.4. The van der Waals surface area contributed by atoms with Gasteiger partial charge in [-0.2, -0.15) is 13.2 Å². The van der Waals surface area contributed by atoms with E-state index in [1.54, 1.807) is 29.2 Å². The van der Waals surface area contributed by atoms with Crippen molar-refractivity contribution in [1.29, 1.82) is 0 Å². The molecule has 11 heteroatoms. The summed E-state index contributed by atoms with van der Waals surface area (Å²) in [6.45, 7) is 12.9. The number of carbonyl (C=O) groups is 3. The van der Waals surface area contributed by atoms with E-state index in [2.05, 4.69) is 46.9 Å². The third-order valence-electron chi connectivity index (χ3n) is 9.36. The smallest absolute Gasteiger partial charge is 0.416 e. The Morgan fingerprint density at radius 1 is 1.04 bits per heavy atom. The molecular weight excluding hydrogens is 631 g/mol. The van der Waals surface area contributed by atoms with Gasteiger partial charge in [-0.3, -0.25) is 19.4 Å². The van der Waals surface area contributed by atoms with E-state index >= 15 is 0 Å². The minimum atomic E-state index is -4.65. The largest absolute Gasteiger partial charge is 0.481 e. The molecule has 1 spiro atoms. The van der Waals surface area contributed by atoms with Gasteiger partial charge in [-0.05, 0) is 91.2 Å². The molecule has 0 bridgehead atoms. The second kappa shape index (κ2) is 13.6. The molecule has 4 rings (SSSR count). The highest BCUT2D eigenvalue weighted by molar-refractivity contribution is 6.47. The highest BCUT2D eigenvalue weighted by Gasteiger charge is 2.53. The Balaban J connectivity index is 1.78. The average molecular weight is 676 g/mol. The van der Waals surface area contributed by atoms with Crippen molar-refractivity contribution in [2.75, 3.05) is 6.54 Å². The Hall–Kier alpha value is -3.40. The van der Waals surface area contributed by atoms with Gasteiger partial charge in [-0.25, -0.2) is 0 Å². The lowest BCUT2D eigenvalue weighted by molar-refractivity contribution is -0.138. The number of hydrogen-bond acceptors (Lipinski definition) is 4. The third-order valence-corrected chi connectivity index (χ3v) is 9.58.